The predicted molar refractivity (Wildman–Crippen MR) is 85.4 cm³/mol. The Balaban J connectivity index is 1.51. The smallest absolute Gasteiger partial charge is 0.0230 e. The zero-order chi connectivity index (χ0) is 13.5. The Bertz CT molecular complexity index is 360. The van der Waals surface area contributed by atoms with E-state index in [1.807, 2.05) is 0 Å². The van der Waals surface area contributed by atoms with Gasteiger partial charge in [-0.2, -0.15) is 0 Å². The van der Waals surface area contributed by atoms with E-state index in [1.54, 1.807) is 0 Å². The predicted octanol–water partition coefficient (Wildman–Crippen LogP) is 3.80. The molecule has 3 heteroatoms. The second kappa shape index (κ2) is 8.03. The summed E-state index contributed by atoms with van der Waals surface area (Å²) in [5, 5.41) is 3.57. The van der Waals surface area contributed by atoms with Crippen molar-refractivity contribution in [2.24, 2.45) is 0 Å². The van der Waals surface area contributed by atoms with Crippen molar-refractivity contribution < 1.29 is 0 Å². The molecular formula is C16H25BrN2. The summed E-state index contributed by atoms with van der Waals surface area (Å²) in [6.07, 6.45) is 6.76. The first kappa shape index (κ1) is 15.0. The van der Waals surface area contributed by atoms with Gasteiger partial charge in [-0.3, -0.25) is 0 Å². The monoisotopic (exact) mass is 324 g/mol. The Labute approximate surface area is 125 Å². The van der Waals surface area contributed by atoms with E-state index >= 15 is 0 Å². The fourth-order valence-corrected chi connectivity index (χ4v) is 2.52. The molecule has 0 aromatic heterocycles. The molecule has 0 amide bonds. The van der Waals surface area contributed by atoms with Crippen LogP contribution in [0.5, 0.6) is 0 Å². The van der Waals surface area contributed by atoms with Crippen LogP contribution in [0.1, 0.15) is 37.7 Å². The van der Waals surface area contributed by atoms with Gasteiger partial charge in [-0.05, 0) is 63.5 Å². The van der Waals surface area contributed by atoms with E-state index < -0.39 is 0 Å². The van der Waals surface area contributed by atoms with Gasteiger partial charge in [0.05, 0.1) is 0 Å². The molecule has 19 heavy (non-hydrogen) atoms. The minimum atomic E-state index is 0.861. The highest BCUT2D eigenvalue weighted by Crippen LogP contribution is 2.18. The van der Waals surface area contributed by atoms with Gasteiger partial charge in [0, 0.05) is 17.1 Å². The van der Waals surface area contributed by atoms with Crippen molar-refractivity contribution in [2.75, 3.05) is 20.1 Å². The average Bonchev–Trinajstić information content (AvgIpc) is 3.20. The lowest BCUT2D eigenvalue weighted by molar-refractivity contribution is 0.317. The van der Waals surface area contributed by atoms with Crippen LogP contribution in [0.25, 0.3) is 0 Å². The molecule has 1 aromatic carbocycles. The summed E-state index contributed by atoms with van der Waals surface area (Å²) in [5.74, 6) is 0. The number of hydrogen-bond acceptors (Lipinski definition) is 2. The minimum absolute atomic E-state index is 0.861. The number of nitrogens with one attached hydrogen (secondary N) is 1. The molecule has 0 bridgehead atoms. The Morgan fingerprint density at radius 3 is 2.58 bits per heavy atom. The van der Waals surface area contributed by atoms with Gasteiger partial charge in [-0.15, -0.1) is 0 Å². The van der Waals surface area contributed by atoms with Crippen LogP contribution in [-0.4, -0.2) is 31.1 Å². The van der Waals surface area contributed by atoms with Crippen molar-refractivity contribution in [3.63, 3.8) is 0 Å². The summed E-state index contributed by atoms with van der Waals surface area (Å²) < 4.78 is 1.15. The standard InChI is InChI=1S/C16H25BrN2/c1-19(13-14-5-7-15(17)8-6-14)12-4-2-3-11-18-16-9-10-16/h5-8,16,18H,2-4,9-13H2,1H3. The second-order valence-corrected chi connectivity index (χ2v) is 6.57. The first-order chi connectivity index (χ1) is 9.24. The van der Waals surface area contributed by atoms with Crippen molar-refractivity contribution in [3.05, 3.63) is 34.3 Å². The molecule has 1 aliphatic rings. The molecule has 1 fully saturated rings. The van der Waals surface area contributed by atoms with Gasteiger partial charge in [-0.1, -0.05) is 34.5 Å². The summed E-state index contributed by atoms with van der Waals surface area (Å²) in [7, 11) is 2.21. The number of benzene rings is 1. The van der Waals surface area contributed by atoms with Crippen LogP contribution in [0.2, 0.25) is 0 Å². The molecule has 2 nitrogen and oxygen atoms in total. The van der Waals surface area contributed by atoms with Crippen molar-refractivity contribution >= 4 is 15.9 Å². The zero-order valence-electron chi connectivity index (χ0n) is 11.9. The Morgan fingerprint density at radius 1 is 1.16 bits per heavy atom. The molecule has 0 saturated heterocycles. The van der Waals surface area contributed by atoms with E-state index in [4.69, 9.17) is 0 Å². The molecule has 2 rings (SSSR count). The van der Waals surface area contributed by atoms with Crippen molar-refractivity contribution in [1.82, 2.24) is 10.2 Å². The summed E-state index contributed by atoms with van der Waals surface area (Å²) in [6.45, 7) is 3.45. The molecule has 1 aliphatic carbocycles. The molecule has 0 aliphatic heterocycles. The molecule has 106 valence electrons. The quantitative estimate of drug-likeness (QED) is 0.695. The SMILES string of the molecule is CN(CCCCCNC1CC1)Cc1ccc(Br)cc1. The fraction of sp³-hybridized carbons (Fsp3) is 0.625. The molecule has 0 unspecified atom stereocenters. The summed E-state index contributed by atoms with van der Waals surface area (Å²) >= 11 is 3.47. The number of hydrogen-bond donors (Lipinski definition) is 1. The first-order valence-corrected chi connectivity index (χ1v) is 8.20. The second-order valence-electron chi connectivity index (χ2n) is 5.65. The molecule has 1 aromatic rings. The largest absolute Gasteiger partial charge is 0.314 e. The Kier molecular flexibility index (Phi) is 6.35. The third-order valence-corrected chi connectivity index (χ3v) is 4.12. The average molecular weight is 325 g/mol. The van der Waals surface area contributed by atoms with E-state index in [0.717, 1.165) is 17.1 Å². The van der Waals surface area contributed by atoms with Gasteiger partial charge in [0.15, 0.2) is 0 Å². The highest BCUT2D eigenvalue weighted by Gasteiger charge is 2.19. The number of halogens is 1. The van der Waals surface area contributed by atoms with Crippen molar-refractivity contribution in [2.45, 2.75) is 44.7 Å². The minimum Gasteiger partial charge on any atom is -0.314 e. The molecule has 0 heterocycles. The molecule has 1 N–H and O–H groups in total. The van der Waals surface area contributed by atoms with E-state index in [9.17, 15) is 0 Å². The lowest BCUT2D eigenvalue weighted by atomic mass is 10.2. The highest BCUT2D eigenvalue weighted by atomic mass is 79.9. The van der Waals surface area contributed by atoms with Crippen LogP contribution >= 0.6 is 15.9 Å². The van der Waals surface area contributed by atoms with E-state index in [1.165, 1.54) is 50.8 Å². The number of unbranched alkanes of at least 4 members (excludes halogenated alkanes) is 2. The Hall–Kier alpha value is -0.380. The molecular weight excluding hydrogens is 300 g/mol. The van der Waals surface area contributed by atoms with Gasteiger partial charge in [-0.25, -0.2) is 0 Å². The van der Waals surface area contributed by atoms with Crippen LogP contribution in [0.4, 0.5) is 0 Å². The maximum absolute atomic E-state index is 3.57. The van der Waals surface area contributed by atoms with Crippen LogP contribution in [-0.2, 0) is 6.54 Å². The topological polar surface area (TPSA) is 15.3 Å². The van der Waals surface area contributed by atoms with E-state index in [2.05, 4.69) is 57.5 Å². The number of nitrogens with zero attached hydrogens (tertiary/aromatic N) is 1. The molecule has 0 radical (unpaired) electrons. The molecule has 1 saturated carbocycles. The molecule has 0 spiro atoms. The molecule has 0 atom stereocenters. The van der Waals surface area contributed by atoms with E-state index in [0.29, 0.717) is 0 Å². The van der Waals surface area contributed by atoms with Crippen LogP contribution in [0, 0.1) is 0 Å². The van der Waals surface area contributed by atoms with Crippen molar-refractivity contribution in [3.8, 4) is 0 Å². The van der Waals surface area contributed by atoms with Gasteiger partial charge < -0.3 is 10.2 Å². The normalized spacial score (nSPS) is 15.1. The van der Waals surface area contributed by atoms with Gasteiger partial charge in [0.1, 0.15) is 0 Å². The zero-order valence-corrected chi connectivity index (χ0v) is 13.5. The maximum Gasteiger partial charge on any atom is 0.0230 e. The Morgan fingerprint density at radius 2 is 1.89 bits per heavy atom. The van der Waals surface area contributed by atoms with Gasteiger partial charge in [0.25, 0.3) is 0 Å². The van der Waals surface area contributed by atoms with E-state index in [-0.39, 0.29) is 0 Å². The lowest BCUT2D eigenvalue weighted by Crippen LogP contribution is -2.20. The fourth-order valence-electron chi connectivity index (χ4n) is 2.26. The maximum atomic E-state index is 3.57. The first-order valence-electron chi connectivity index (χ1n) is 7.40. The summed E-state index contributed by atoms with van der Waals surface area (Å²) in [5.41, 5.74) is 1.39. The van der Waals surface area contributed by atoms with Crippen LogP contribution in [0.15, 0.2) is 28.7 Å². The van der Waals surface area contributed by atoms with Crippen molar-refractivity contribution in [1.29, 1.82) is 0 Å². The lowest BCUT2D eigenvalue weighted by Gasteiger charge is -2.16. The third kappa shape index (κ3) is 6.55. The summed E-state index contributed by atoms with van der Waals surface area (Å²) in [4.78, 5) is 2.41. The third-order valence-electron chi connectivity index (χ3n) is 3.59. The van der Waals surface area contributed by atoms with Gasteiger partial charge >= 0.3 is 0 Å². The van der Waals surface area contributed by atoms with Gasteiger partial charge in [0.2, 0.25) is 0 Å². The summed E-state index contributed by atoms with van der Waals surface area (Å²) in [6, 6.07) is 9.49. The van der Waals surface area contributed by atoms with Crippen LogP contribution in [0.3, 0.4) is 0 Å². The van der Waals surface area contributed by atoms with Crippen LogP contribution < -0.4 is 5.32 Å². The number of rotatable bonds is 9. The highest BCUT2D eigenvalue weighted by molar-refractivity contribution is 9.10.